The number of hydrogen-bond donors (Lipinski definition) is 3. The number of phenolic OH excluding ortho intramolecular Hbond substituents is 1. The van der Waals surface area contributed by atoms with Crippen LogP contribution < -0.4 is 16.2 Å². The number of cyclic esters (lactones) is 1. The molecule has 0 radical (unpaired) electrons. The van der Waals surface area contributed by atoms with Crippen LogP contribution in [-0.2, 0) is 100 Å². The zero-order chi connectivity index (χ0) is 64.2. The molecule has 1 aromatic carbocycles. The molecule has 480 valence electrons. The minimum Gasteiger partial charge on any atom is -0.508 e. The Hall–Kier alpha value is -8.20. The second-order valence-electron chi connectivity index (χ2n) is 23.3. The fourth-order valence-electron chi connectivity index (χ4n) is 11.8. The van der Waals surface area contributed by atoms with E-state index in [-0.39, 0.29) is 111 Å². The molecule has 0 bridgehead atoms. The topological polar surface area (TPSA) is 313 Å². The zero-order valence-electron chi connectivity index (χ0n) is 50.3. The van der Waals surface area contributed by atoms with Gasteiger partial charge in [-0.2, -0.15) is 13.2 Å². The number of ether oxygens (including phenoxy) is 5. The lowest BCUT2D eigenvalue weighted by atomic mass is 9.79. The molecule has 1 saturated carbocycles. The smallest absolute Gasteiger partial charge is 0.508 e. The Morgan fingerprint density at radius 2 is 1.64 bits per heavy atom. The lowest BCUT2D eigenvalue weighted by Gasteiger charge is -2.35. The van der Waals surface area contributed by atoms with Crippen LogP contribution in [0.25, 0.3) is 22.3 Å². The summed E-state index contributed by atoms with van der Waals surface area (Å²) in [5.41, 5.74) is 1.32. The number of esters is 1. The van der Waals surface area contributed by atoms with E-state index in [0.717, 1.165) is 29.4 Å². The summed E-state index contributed by atoms with van der Waals surface area (Å²) in [6, 6.07) is 5.47. The first kappa shape index (κ1) is 66.7. The van der Waals surface area contributed by atoms with E-state index in [2.05, 4.69) is 15.6 Å². The number of nitrogens with one attached hydrogen (secondary N) is 2. The number of ketones is 3. The largest absolute Gasteiger partial charge is 0.509 e. The molecule has 0 saturated heterocycles. The highest BCUT2D eigenvalue weighted by molar-refractivity contribution is 6.12. The number of imide groups is 1. The van der Waals surface area contributed by atoms with Crippen molar-refractivity contribution >= 4 is 64.0 Å². The molecule has 4 amide bonds. The molecule has 3 atom stereocenters. The molecule has 3 aliphatic heterocycles. The third-order valence-corrected chi connectivity index (χ3v) is 16.8. The van der Waals surface area contributed by atoms with Crippen molar-refractivity contribution in [3.8, 4) is 17.1 Å². The van der Waals surface area contributed by atoms with Crippen LogP contribution in [-0.4, -0.2) is 146 Å². The van der Waals surface area contributed by atoms with Gasteiger partial charge in [0.1, 0.15) is 38.0 Å². The average molecular weight is 1250 g/mol. The first-order valence-corrected chi connectivity index (χ1v) is 30.2. The number of carbonyl (C=O) groups excluding carboxylic acids is 9. The van der Waals surface area contributed by atoms with Crippen LogP contribution in [0.3, 0.4) is 0 Å². The molecule has 3 N–H and O–H groups in total. The summed E-state index contributed by atoms with van der Waals surface area (Å²) in [6.45, 7) is 6.14. The number of hydrogen-bond acceptors (Lipinski definition) is 19. The molecule has 3 aromatic heterocycles. The molecule has 24 nitrogen and oxygen atoms in total. The van der Waals surface area contributed by atoms with Crippen LogP contribution in [0, 0.1) is 23.7 Å². The minimum atomic E-state index is -5.10. The number of unbranched alkanes of at least 4 members (excludes halogenated alkanes) is 1. The second kappa shape index (κ2) is 29.9. The van der Waals surface area contributed by atoms with Crippen molar-refractivity contribution in [2.24, 2.45) is 23.7 Å². The van der Waals surface area contributed by atoms with Gasteiger partial charge in [-0.25, -0.2) is 19.3 Å². The predicted molar refractivity (Wildman–Crippen MR) is 309 cm³/mol. The van der Waals surface area contributed by atoms with Crippen LogP contribution in [0.1, 0.15) is 133 Å². The van der Waals surface area contributed by atoms with Crippen LogP contribution >= 0.6 is 0 Å². The summed E-state index contributed by atoms with van der Waals surface area (Å²) in [5.74, 6) is -6.39. The normalized spacial score (nSPS) is 18.5. The highest BCUT2D eigenvalue weighted by Crippen LogP contribution is 2.43. The van der Waals surface area contributed by atoms with E-state index in [4.69, 9.17) is 28.7 Å². The predicted octanol–water partition coefficient (Wildman–Crippen LogP) is 5.98. The second-order valence-corrected chi connectivity index (χ2v) is 23.3. The van der Waals surface area contributed by atoms with Crippen LogP contribution in [0.5, 0.6) is 5.75 Å². The van der Waals surface area contributed by atoms with Crippen molar-refractivity contribution in [2.45, 2.75) is 155 Å². The zero-order valence-corrected chi connectivity index (χ0v) is 50.3. The highest BCUT2D eigenvalue weighted by Gasteiger charge is 2.51. The quantitative estimate of drug-likeness (QED) is 0.0253. The van der Waals surface area contributed by atoms with Gasteiger partial charge in [-0.1, -0.05) is 39.3 Å². The van der Waals surface area contributed by atoms with Crippen molar-refractivity contribution in [3.05, 3.63) is 80.9 Å². The molecule has 8 rings (SSSR count). The van der Waals surface area contributed by atoms with E-state index in [0.29, 0.717) is 74.2 Å². The summed E-state index contributed by atoms with van der Waals surface area (Å²) in [5, 5.41) is 23.8. The van der Waals surface area contributed by atoms with Gasteiger partial charge in [0.25, 0.3) is 17.4 Å². The molecule has 3 unspecified atom stereocenters. The number of pyridine rings is 2. The number of fused-ring (bicyclic) bond motifs is 5. The molecular weight excluding hydrogens is 1170 g/mol. The number of aromatic hydroxyl groups is 1. The van der Waals surface area contributed by atoms with E-state index in [9.17, 15) is 66.2 Å². The summed E-state index contributed by atoms with van der Waals surface area (Å²) < 4.78 is 69.6. The Labute approximate surface area is 510 Å². The van der Waals surface area contributed by atoms with Gasteiger partial charge in [-0.05, 0) is 99.5 Å². The van der Waals surface area contributed by atoms with E-state index in [1.165, 1.54) is 27.7 Å². The van der Waals surface area contributed by atoms with Crippen molar-refractivity contribution in [2.75, 3.05) is 46.1 Å². The number of alkyl halides is 3. The maximum atomic E-state index is 14.2. The number of aromatic nitrogens is 5. The number of Topliss-reactive ketones (excluding diaryl/α,β-unsaturated/α-hetero) is 3. The van der Waals surface area contributed by atoms with Crippen LogP contribution in [0.4, 0.5) is 18.0 Å². The minimum absolute atomic E-state index is 0.0207. The SMILES string of the molecule is CCc1c2c(nc3ccc(O)cc13)-c1cc3c(c(=O)n1C2)COC(=O)C3(CC)OC(=O)OCC(NC(=O)C(CCCCNC(=O)C(F)(F)F)CC(=O)COCC(=O)CCCOCCn1cc(CCC(=O)C2CCC(CN3C(=O)C=CC3=O)CC2)nn1)C(C)C. The van der Waals surface area contributed by atoms with Crippen molar-refractivity contribution in [1.29, 1.82) is 0 Å². The van der Waals surface area contributed by atoms with Crippen LogP contribution in [0.2, 0.25) is 0 Å². The molecule has 27 heteroatoms. The maximum absolute atomic E-state index is 14.2. The van der Waals surface area contributed by atoms with Gasteiger partial charge >= 0.3 is 24.2 Å². The molecule has 4 aliphatic rings. The van der Waals surface area contributed by atoms with E-state index >= 15 is 0 Å². The number of amides is 4. The molecule has 1 aliphatic carbocycles. The Morgan fingerprint density at radius 1 is 0.899 bits per heavy atom. The lowest BCUT2D eigenvalue weighted by Crippen LogP contribution is -2.48. The van der Waals surface area contributed by atoms with Gasteiger partial charge < -0.3 is 44.0 Å². The Morgan fingerprint density at radius 3 is 2.35 bits per heavy atom. The Kier molecular flexibility index (Phi) is 22.4. The van der Waals surface area contributed by atoms with E-state index in [1.807, 2.05) is 6.92 Å². The summed E-state index contributed by atoms with van der Waals surface area (Å²) in [6.07, 6.45) is 2.09. The van der Waals surface area contributed by atoms with Crippen molar-refractivity contribution in [3.63, 3.8) is 0 Å². The molecule has 1 fully saturated rings. The van der Waals surface area contributed by atoms with Crippen molar-refractivity contribution < 1.29 is 85.1 Å². The standard InChI is InChI=1S/C62H75F3N8O16/c1-5-44-45-27-41(74)17-18-49(45)67-55-46(44)31-72-51(55)28-48-47(57(72)81)34-87-59(83)61(48,6-2)89-60(84)88-35-50(36(3)4)68-56(80)39(10-7-8-22-66-58(82)62(63,64)65)26-43(76)33-86-32-42(75)11-9-24-85-25-23-71-30-40(69-70-71)16-19-52(77)38-14-12-37(13-15-38)29-73-53(78)20-21-54(73)79/h17-18,20-21,27-28,30,36-39,50,74H,5-16,19,22-26,29,31-35H2,1-4H3,(H,66,82)(H,68,80). The molecule has 89 heavy (non-hydrogen) atoms. The summed E-state index contributed by atoms with van der Waals surface area (Å²) in [7, 11) is 0. The first-order valence-electron chi connectivity index (χ1n) is 30.2. The Balaban J connectivity index is 0.778. The fourth-order valence-corrected chi connectivity index (χ4v) is 11.8. The van der Waals surface area contributed by atoms with Crippen molar-refractivity contribution in [1.82, 2.24) is 40.1 Å². The third kappa shape index (κ3) is 16.6. The number of phenols is 1. The van der Waals surface area contributed by atoms with Crippen LogP contribution in [0.15, 0.2) is 47.4 Å². The lowest BCUT2D eigenvalue weighted by molar-refractivity contribution is -0.175. The molecular formula is C62H75F3N8O16. The fraction of sp³-hybridized carbons (Fsp3) is 0.565. The summed E-state index contributed by atoms with van der Waals surface area (Å²) in [4.78, 5) is 136. The number of aryl methyl sites for hydroxylation is 2. The number of halogens is 3. The number of benzene rings is 1. The van der Waals surface area contributed by atoms with Gasteiger partial charge in [0.15, 0.2) is 11.6 Å². The summed E-state index contributed by atoms with van der Waals surface area (Å²) >= 11 is 0. The number of rotatable bonds is 32. The maximum Gasteiger partial charge on any atom is 0.509 e. The van der Waals surface area contributed by atoms with Gasteiger partial charge in [0.2, 0.25) is 11.5 Å². The average Bonchev–Trinajstić information content (AvgIpc) is 1.71. The Bertz CT molecular complexity index is 3410. The van der Waals surface area contributed by atoms with E-state index < -0.39 is 97.8 Å². The molecule has 4 aromatic rings. The highest BCUT2D eigenvalue weighted by atomic mass is 19.4. The molecule has 6 heterocycles. The van der Waals surface area contributed by atoms with Gasteiger partial charge in [-0.3, -0.25) is 43.3 Å². The number of nitrogens with zero attached hydrogens (tertiary/aromatic N) is 6. The van der Waals surface area contributed by atoms with E-state index in [1.54, 1.807) is 55.2 Å². The third-order valence-electron chi connectivity index (χ3n) is 16.8. The van der Waals surface area contributed by atoms with Gasteiger partial charge in [-0.15, -0.1) is 5.10 Å². The molecule has 0 spiro atoms. The number of carbonyl (C=O) groups is 9. The van der Waals surface area contributed by atoms with Gasteiger partial charge in [0, 0.05) is 92.1 Å². The first-order chi connectivity index (χ1) is 42.5. The van der Waals surface area contributed by atoms with Gasteiger partial charge in [0.05, 0.1) is 53.9 Å². The monoisotopic (exact) mass is 1240 g/mol.